The van der Waals surface area contributed by atoms with Crippen LogP contribution in [0.4, 0.5) is 5.69 Å². The third-order valence-electron chi connectivity index (χ3n) is 5.10. The molecule has 0 spiro atoms. The van der Waals surface area contributed by atoms with E-state index in [1.807, 2.05) is 35.9 Å². The van der Waals surface area contributed by atoms with Gasteiger partial charge < -0.3 is 10.7 Å². The van der Waals surface area contributed by atoms with Gasteiger partial charge in [-0.25, -0.2) is 4.98 Å². The largest absolute Gasteiger partial charge is 0.399 e. The SMILES string of the molecule is CCn1cc(CN2CCc3nc(-c4ccc(N)cc4)[nH]c(=O)c3C2)c(C)n1. The minimum Gasteiger partial charge on any atom is -0.399 e. The number of aromatic nitrogens is 4. The van der Waals surface area contributed by atoms with Crippen molar-refractivity contribution in [2.24, 2.45) is 0 Å². The second-order valence-electron chi connectivity index (χ2n) is 7.02. The average molecular weight is 364 g/mol. The van der Waals surface area contributed by atoms with Gasteiger partial charge in [0.2, 0.25) is 0 Å². The van der Waals surface area contributed by atoms with E-state index in [9.17, 15) is 4.79 Å². The number of nitrogens with one attached hydrogen (secondary N) is 1. The summed E-state index contributed by atoms with van der Waals surface area (Å²) in [6, 6.07) is 7.39. The van der Waals surface area contributed by atoms with Gasteiger partial charge in [-0.15, -0.1) is 0 Å². The normalized spacial score (nSPS) is 14.3. The first-order valence-corrected chi connectivity index (χ1v) is 9.26. The zero-order valence-electron chi connectivity index (χ0n) is 15.7. The first-order chi connectivity index (χ1) is 13.0. The van der Waals surface area contributed by atoms with Gasteiger partial charge in [-0.05, 0) is 38.1 Å². The first kappa shape index (κ1) is 17.5. The molecule has 4 rings (SSSR count). The van der Waals surface area contributed by atoms with Crippen LogP contribution in [-0.2, 0) is 26.1 Å². The fourth-order valence-electron chi connectivity index (χ4n) is 3.51. The molecule has 1 aromatic carbocycles. The fraction of sp³-hybridized carbons (Fsp3) is 0.350. The maximum Gasteiger partial charge on any atom is 0.255 e. The number of hydrogen-bond donors (Lipinski definition) is 2. The van der Waals surface area contributed by atoms with Crippen LogP contribution in [0.5, 0.6) is 0 Å². The Morgan fingerprint density at radius 3 is 2.74 bits per heavy atom. The Hall–Kier alpha value is -2.93. The van der Waals surface area contributed by atoms with E-state index in [1.54, 1.807) is 0 Å². The lowest BCUT2D eigenvalue weighted by molar-refractivity contribution is 0.241. The third-order valence-corrected chi connectivity index (χ3v) is 5.10. The lowest BCUT2D eigenvalue weighted by atomic mass is 10.1. The van der Waals surface area contributed by atoms with Gasteiger partial charge in [0.15, 0.2) is 0 Å². The molecule has 0 saturated carbocycles. The maximum atomic E-state index is 12.7. The number of hydrogen-bond acceptors (Lipinski definition) is 5. The molecule has 0 radical (unpaired) electrons. The van der Waals surface area contributed by atoms with Crippen LogP contribution in [0.25, 0.3) is 11.4 Å². The van der Waals surface area contributed by atoms with Crippen LogP contribution in [0, 0.1) is 6.92 Å². The molecule has 1 aliphatic rings. The lowest BCUT2D eigenvalue weighted by Gasteiger charge is -2.27. The Bertz CT molecular complexity index is 1020. The molecule has 0 saturated heterocycles. The van der Waals surface area contributed by atoms with Crippen molar-refractivity contribution in [3.05, 3.63) is 63.3 Å². The minimum atomic E-state index is -0.0579. The van der Waals surface area contributed by atoms with Gasteiger partial charge in [-0.1, -0.05) is 0 Å². The highest BCUT2D eigenvalue weighted by Crippen LogP contribution is 2.21. The van der Waals surface area contributed by atoms with Gasteiger partial charge in [-0.3, -0.25) is 14.4 Å². The van der Waals surface area contributed by atoms with Crippen molar-refractivity contribution in [2.45, 2.75) is 39.9 Å². The number of nitrogen functional groups attached to an aromatic ring is 1. The van der Waals surface area contributed by atoms with Crippen molar-refractivity contribution < 1.29 is 0 Å². The van der Waals surface area contributed by atoms with Crippen LogP contribution < -0.4 is 11.3 Å². The molecule has 7 nitrogen and oxygen atoms in total. The van der Waals surface area contributed by atoms with Gasteiger partial charge in [0.1, 0.15) is 5.82 Å². The highest BCUT2D eigenvalue weighted by molar-refractivity contribution is 5.58. The molecule has 0 amide bonds. The van der Waals surface area contributed by atoms with E-state index in [0.29, 0.717) is 18.1 Å². The molecule has 0 unspecified atom stereocenters. The molecule has 1 aliphatic heterocycles. The van der Waals surface area contributed by atoms with Gasteiger partial charge in [0.25, 0.3) is 5.56 Å². The summed E-state index contributed by atoms with van der Waals surface area (Å²) in [5.74, 6) is 0.604. The van der Waals surface area contributed by atoms with Crippen molar-refractivity contribution in [2.75, 3.05) is 12.3 Å². The Morgan fingerprint density at radius 2 is 2.04 bits per heavy atom. The second kappa shape index (κ2) is 7.00. The lowest BCUT2D eigenvalue weighted by Crippen LogP contribution is -2.35. The number of aryl methyl sites for hydroxylation is 2. The van der Waals surface area contributed by atoms with Crippen LogP contribution >= 0.6 is 0 Å². The summed E-state index contributed by atoms with van der Waals surface area (Å²) < 4.78 is 1.95. The summed E-state index contributed by atoms with van der Waals surface area (Å²) in [7, 11) is 0. The van der Waals surface area contributed by atoms with E-state index >= 15 is 0 Å². The van der Waals surface area contributed by atoms with Crippen LogP contribution in [0.3, 0.4) is 0 Å². The second-order valence-corrected chi connectivity index (χ2v) is 7.02. The van der Waals surface area contributed by atoms with E-state index in [4.69, 9.17) is 10.7 Å². The van der Waals surface area contributed by atoms with Crippen molar-refractivity contribution in [1.82, 2.24) is 24.6 Å². The smallest absolute Gasteiger partial charge is 0.255 e. The van der Waals surface area contributed by atoms with Crippen LogP contribution in [0.1, 0.15) is 29.4 Å². The Labute approximate surface area is 157 Å². The Balaban J connectivity index is 1.57. The van der Waals surface area contributed by atoms with Crippen molar-refractivity contribution >= 4 is 5.69 Å². The number of benzene rings is 1. The Kier molecular flexibility index (Phi) is 4.53. The summed E-state index contributed by atoms with van der Waals surface area (Å²) in [4.78, 5) is 22.6. The zero-order chi connectivity index (χ0) is 19.0. The topological polar surface area (TPSA) is 92.8 Å². The fourth-order valence-corrected chi connectivity index (χ4v) is 3.51. The molecular formula is C20H24N6O. The van der Waals surface area contributed by atoms with Gasteiger partial charge >= 0.3 is 0 Å². The highest BCUT2D eigenvalue weighted by atomic mass is 16.1. The van der Waals surface area contributed by atoms with E-state index in [1.165, 1.54) is 5.56 Å². The maximum absolute atomic E-state index is 12.7. The Morgan fingerprint density at radius 1 is 1.26 bits per heavy atom. The van der Waals surface area contributed by atoms with Gasteiger partial charge in [0, 0.05) is 55.6 Å². The molecule has 3 N–H and O–H groups in total. The van der Waals surface area contributed by atoms with Crippen LogP contribution in [-0.4, -0.2) is 31.2 Å². The molecule has 7 heteroatoms. The van der Waals surface area contributed by atoms with E-state index in [2.05, 4.69) is 28.1 Å². The highest BCUT2D eigenvalue weighted by Gasteiger charge is 2.22. The summed E-state index contributed by atoms with van der Waals surface area (Å²) in [5, 5.41) is 4.51. The number of aromatic amines is 1. The minimum absolute atomic E-state index is 0.0579. The van der Waals surface area contributed by atoms with Crippen molar-refractivity contribution in [3.8, 4) is 11.4 Å². The number of rotatable bonds is 4. The third kappa shape index (κ3) is 3.50. The summed E-state index contributed by atoms with van der Waals surface area (Å²) in [6.45, 7) is 7.26. The van der Waals surface area contributed by atoms with Gasteiger partial charge in [-0.2, -0.15) is 5.10 Å². The summed E-state index contributed by atoms with van der Waals surface area (Å²) >= 11 is 0. The first-order valence-electron chi connectivity index (χ1n) is 9.26. The summed E-state index contributed by atoms with van der Waals surface area (Å²) in [6.07, 6.45) is 2.86. The molecule has 0 fully saturated rings. The quantitative estimate of drug-likeness (QED) is 0.692. The number of nitrogens with zero attached hydrogens (tertiary/aromatic N) is 4. The molecule has 0 atom stereocenters. The molecular weight excluding hydrogens is 340 g/mol. The molecule has 0 bridgehead atoms. The number of fused-ring (bicyclic) bond motifs is 1. The molecule has 3 aromatic rings. The van der Waals surface area contributed by atoms with Gasteiger partial charge in [0.05, 0.1) is 17.0 Å². The predicted molar refractivity (Wildman–Crippen MR) is 105 cm³/mol. The number of H-pyrrole nitrogens is 1. The predicted octanol–water partition coefficient (Wildman–Crippen LogP) is 2.10. The standard InChI is InChI=1S/C20H24N6O/c1-3-26-11-15(13(2)24-26)10-25-9-8-18-17(12-25)20(27)23-19(22-18)14-4-6-16(21)7-5-14/h4-7,11H,3,8-10,12,21H2,1-2H3,(H,22,23,27). The monoisotopic (exact) mass is 364 g/mol. The van der Waals surface area contributed by atoms with E-state index in [0.717, 1.165) is 48.6 Å². The van der Waals surface area contributed by atoms with E-state index < -0.39 is 0 Å². The molecule has 3 heterocycles. The van der Waals surface area contributed by atoms with Crippen LogP contribution in [0.15, 0.2) is 35.3 Å². The van der Waals surface area contributed by atoms with E-state index in [-0.39, 0.29) is 5.56 Å². The average Bonchev–Trinajstić information content (AvgIpc) is 3.02. The molecule has 140 valence electrons. The molecule has 2 aromatic heterocycles. The number of nitrogens with two attached hydrogens (primary N) is 1. The zero-order valence-corrected chi connectivity index (χ0v) is 15.7. The number of anilines is 1. The van der Waals surface area contributed by atoms with Crippen molar-refractivity contribution in [1.29, 1.82) is 0 Å². The molecule has 27 heavy (non-hydrogen) atoms. The molecule has 0 aliphatic carbocycles. The van der Waals surface area contributed by atoms with Crippen LogP contribution in [0.2, 0.25) is 0 Å². The summed E-state index contributed by atoms with van der Waals surface area (Å²) in [5.41, 5.74) is 11.2. The van der Waals surface area contributed by atoms with Crippen molar-refractivity contribution in [3.63, 3.8) is 0 Å².